The van der Waals surface area contributed by atoms with Gasteiger partial charge in [-0.05, 0) is 31.3 Å². The fourth-order valence-electron chi connectivity index (χ4n) is 3.26. The van der Waals surface area contributed by atoms with Gasteiger partial charge < -0.3 is 15.1 Å². The Bertz CT molecular complexity index is 311. The molecular weight excluding hydrogens is 238 g/mol. The normalized spacial score (nSPS) is 29.8. The highest BCUT2D eigenvalue weighted by molar-refractivity contribution is 5.78. The molecule has 0 saturated carbocycles. The van der Waals surface area contributed by atoms with E-state index in [9.17, 15) is 4.79 Å². The smallest absolute Gasteiger partial charge is 0.225 e. The maximum absolute atomic E-state index is 12.1. The molecule has 19 heavy (non-hydrogen) atoms. The van der Waals surface area contributed by atoms with E-state index in [1.165, 1.54) is 13.0 Å². The summed E-state index contributed by atoms with van der Waals surface area (Å²) in [6.07, 6.45) is 2.39. The van der Waals surface area contributed by atoms with Gasteiger partial charge in [-0.2, -0.15) is 0 Å². The topological polar surface area (TPSA) is 35.6 Å². The summed E-state index contributed by atoms with van der Waals surface area (Å²) < 4.78 is 0. The number of amides is 1. The van der Waals surface area contributed by atoms with Gasteiger partial charge in [0.1, 0.15) is 0 Å². The van der Waals surface area contributed by atoms with Gasteiger partial charge >= 0.3 is 0 Å². The van der Waals surface area contributed by atoms with Crippen molar-refractivity contribution in [3.63, 3.8) is 0 Å². The van der Waals surface area contributed by atoms with Crippen LogP contribution in [0.1, 0.15) is 33.6 Å². The number of rotatable bonds is 3. The number of carbonyl (C=O) groups excluding carboxylic acids is 1. The molecule has 0 radical (unpaired) electrons. The van der Waals surface area contributed by atoms with Gasteiger partial charge in [0.05, 0.1) is 0 Å². The van der Waals surface area contributed by atoms with Crippen molar-refractivity contribution in [1.29, 1.82) is 0 Å². The Morgan fingerprint density at radius 2 is 2.05 bits per heavy atom. The summed E-state index contributed by atoms with van der Waals surface area (Å²) in [5, 5.41) is 3.47. The van der Waals surface area contributed by atoms with Crippen molar-refractivity contribution < 1.29 is 4.79 Å². The summed E-state index contributed by atoms with van der Waals surface area (Å²) in [7, 11) is 0. The second-order valence-corrected chi connectivity index (χ2v) is 6.85. The molecule has 0 aromatic carbocycles. The Balaban J connectivity index is 1.84. The monoisotopic (exact) mass is 267 g/mol. The molecule has 0 aromatic heterocycles. The second-order valence-electron chi connectivity index (χ2n) is 6.85. The quantitative estimate of drug-likeness (QED) is 0.834. The molecule has 2 rings (SSSR count). The lowest BCUT2D eigenvalue weighted by atomic mass is 9.89. The molecule has 0 spiro atoms. The zero-order valence-corrected chi connectivity index (χ0v) is 12.7. The van der Waals surface area contributed by atoms with Crippen LogP contribution in [-0.4, -0.2) is 61.5 Å². The standard InChI is InChI=1S/C15H29N3O/c1-13(2)14(19)18-8-4-7-17(9-10-18)12-15(3)5-6-16-11-15/h13,16H,4-12H2,1-3H3. The third-order valence-electron chi connectivity index (χ3n) is 4.46. The van der Waals surface area contributed by atoms with Gasteiger partial charge in [0.25, 0.3) is 0 Å². The molecule has 2 aliphatic rings. The van der Waals surface area contributed by atoms with Gasteiger partial charge in [0.15, 0.2) is 0 Å². The molecule has 2 saturated heterocycles. The third-order valence-corrected chi connectivity index (χ3v) is 4.46. The van der Waals surface area contributed by atoms with E-state index in [2.05, 4.69) is 22.0 Å². The maximum atomic E-state index is 12.1. The average molecular weight is 267 g/mol. The Morgan fingerprint density at radius 3 is 2.68 bits per heavy atom. The molecule has 4 nitrogen and oxygen atoms in total. The maximum Gasteiger partial charge on any atom is 0.225 e. The lowest BCUT2D eigenvalue weighted by Gasteiger charge is -2.31. The van der Waals surface area contributed by atoms with Crippen LogP contribution >= 0.6 is 0 Å². The van der Waals surface area contributed by atoms with Gasteiger partial charge in [-0.25, -0.2) is 0 Å². The highest BCUT2D eigenvalue weighted by atomic mass is 16.2. The molecule has 0 aliphatic carbocycles. The van der Waals surface area contributed by atoms with Gasteiger partial charge in [0.2, 0.25) is 5.91 Å². The first-order valence-electron chi connectivity index (χ1n) is 7.72. The predicted octanol–water partition coefficient (Wildman–Crippen LogP) is 1.18. The first-order chi connectivity index (χ1) is 9.00. The van der Waals surface area contributed by atoms with Crippen LogP contribution in [0.2, 0.25) is 0 Å². The van der Waals surface area contributed by atoms with Crippen molar-refractivity contribution >= 4 is 5.91 Å². The van der Waals surface area contributed by atoms with E-state index in [0.717, 1.165) is 45.7 Å². The molecule has 4 heteroatoms. The fraction of sp³-hybridized carbons (Fsp3) is 0.933. The molecule has 0 aromatic rings. The Morgan fingerprint density at radius 1 is 1.26 bits per heavy atom. The fourth-order valence-corrected chi connectivity index (χ4v) is 3.26. The van der Waals surface area contributed by atoms with Crippen LogP contribution in [0.15, 0.2) is 0 Å². The molecule has 2 heterocycles. The molecule has 1 unspecified atom stereocenters. The first kappa shape index (κ1) is 14.8. The van der Waals surface area contributed by atoms with Gasteiger partial charge in [0, 0.05) is 38.6 Å². The van der Waals surface area contributed by atoms with Crippen LogP contribution in [-0.2, 0) is 4.79 Å². The second kappa shape index (κ2) is 6.23. The minimum absolute atomic E-state index is 0.128. The van der Waals surface area contributed by atoms with Gasteiger partial charge in [-0.3, -0.25) is 4.79 Å². The zero-order valence-electron chi connectivity index (χ0n) is 12.7. The highest BCUT2D eigenvalue weighted by Crippen LogP contribution is 2.26. The predicted molar refractivity (Wildman–Crippen MR) is 78.1 cm³/mol. The summed E-state index contributed by atoms with van der Waals surface area (Å²) >= 11 is 0. The largest absolute Gasteiger partial charge is 0.341 e. The van der Waals surface area contributed by atoms with Crippen molar-refractivity contribution in [3.05, 3.63) is 0 Å². The van der Waals surface area contributed by atoms with Crippen molar-refractivity contribution in [1.82, 2.24) is 15.1 Å². The number of hydrogen-bond donors (Lipinski definition) is 1. The SMILES string of the molecule is CC(C)C(=O)N1CCCN(CC2(C)CCNC2)CC1. The van der Waals surface area contributed by atoms with E-state index in [1.54, 1.807) is 0 Å². The first-order valence-corrected chi connectivity index (χ1v) is 7.72. The van der Waals surface area contributed by atoms with Gasteiger partial charge in [-0.1, -0.05) is 20.8 Å². The summed E-state index contributed by atoms with van der Waals surface area (Å²) in [5.41, 5.74) is 0.428. The average Bonchev–Trinajstić information content (AvgIpc) is 2.65. The molecule has 1 N–H and O–H groups in total. The van der Waals surface area contributed by atoms with Crippen molar-refractivity contribution in [2.75, 3.05) is 45.8 Å². The van der Waals surface area contributed by atoms with E-state index in [-0.39, 0.29) is 5.92 Å². The molecular formula is C15H29N3O. The van der Waals surface area contributed by atoms with Crippen LogP contribution < -0.4 is 5.32 Å². The minimum atomic E-state index is 0.128. The Hall–Kier alpha value is -0.610. The van der Waals surface area contributed by atoms with Crippen LogP contribution in [0.5, 0.6) is 0 Å². The zero-order chi connectivity index (χ0) is 13.9. The molecule has 2 fully saturated rings. The molecule has 110 valence electrons. The van der Waals surface area contributed by atoms with Crippen LogP contribution in [0.4, 0.5) is 0 Å². The van der Waals surface area contributed by atoms with Crippen molar-refractivity contribution in [2.45, 2.75) is 33.6 Å². The van der Waals surface area contributed by atoms with Gasteiger partial charge in [-0.15, -0.1) is 0 Å². The number of hydrogen-bond acceptors (Lipinski definition) is 3. The number of nitrogens with zero attached hydrogens (tertiary/aromatic N) is 2. The molecule has 2 aliphatic heterocycles. The summed E-state index contributed by atoms with van der Waals surface area (Å²) in [6.45, 7) is 13.8. The van der Waals surface area contributed by atoms with E-state index in [4.69, 9.17) is 0 Å². The molecule has 0 bridgehead atoms. The van der Waals surface area contributed by atoms with E-state index in [1.807, 2.05) is 13.8 Å². The Kier molecular flexibility index (Phi) is 4.85. The van der Waals surface area contributed by atoms with Crippen molar-refractivity contribution in [3.8, 4) is 0 Å². The molecule has 1 atom stereocenters. The van der Waals surface area contributed by atoms with E-state index < -0.39 is 0 Å². The van der Waals surface area contributed by atoms with Crippen LogP contribution in [0.25, 0.3) is 0 Å². The number of nitrogens with one attached hydrogen (secondary N) is 1. The third kappa shape index (κ3) is 3.93. The van der Waals surface area contributed by atoms with Crippen LogP contribution in [0, 0.1) is 11.3 Å². The Labute approximate surface area is 117 Å². The van der Waals surface area contributed by atoms with Crippen LogP contribution in [0.3, 0.4) is 0 Å². The lowest BCUT2D eigenvalue weighted by molar-refractivity contribution is -0.134. The molecule has 1 amide bonds. The van der Waals surface area contributed by atoms with E-state index in [0.29, 0.717) is 11.3 Å². The lowest BCUT2D eigenvalue weighted by Crippen LogP contribution is -2.41. The summed E-state index contributed by atoms with van der Waals surface area (Å²) in [6, 6.07) is 0. The summed E-state index contributed by atoms with van der Waals surface area (Å²) in [4.78, 5) is 16.7. The van der Waals surface area contributed by atoms with Crippen molar-refractivity contribution in [2.24, 2.45) is 11.3 Å². The van der Waals surface area contributed by atoms with E-state index >= 15 is 0 Å². The number of carbonyl (C=O) groups is 1. The minimum Gasteiger partial charge on any atom is -0.341 e. The highest BCUT2D eigenvalue weighted by Gasteiger charge is 2.31. The summed E-state index contributed by atoms with van der Waals surface area (Å²) in [5.74, 6) is 0.443.